The molecule has 1 unspecified atom stereocenters. The zero-order valence-corrected chi connectivity index (χ0v) is 16.4. The van der Waals surface area contributed by atoms with Crippen LogP contribution in [-0.4, -0.2) is 29.4 Å². The summed E-state index contributed by atoms with van der Waals surface area (Å²) in [6, 6.07) is 4.28. The number of amides is 4. The molecule has 1 aromatic carbocycles. The maximum Gasteiger partial charge on any atom is 0.321 e. The molecule has 0 fully saturated rings. The molecule has 0 spiro atoms. The summed E-state index contributed by atoms with van der Waals surface area (Å²) >= 11 is 0. The van der Waals surface area contributed by atoms with E-state index in [1.54, 1.807) is 13.0 Å². The monoisotopic (exact) mass is 362 g/mol. The third-order valence-electron chi connectivity index (χ3n) is 3.58. The van der Waals surface area contributed by atoms with E-state index in [1.807, 2.05) is 46.8 Å². The first-order chi connectivity index (χ1) is 12.0. The third kappa shape index (κ3) is 7.13. The van der Waals surface area contributed by atoms with Gasteiger partial charge in [-0.15, -0.1) is 0 Å². The normalized spacial score (nSPS) is 12.1. The molecule has 1 rings (SSSR count). The van der Waals surface area contributed by atoms with Gasteiger partial charge in [-0.25, -0.2) is 4.79 Å². The van der Waals surface area contributed by atoms with Gasteiger partial charge in [0.1, 0.15) is 6.04 Å². The molecule has 144 valence electrons. The molecule has 26 heavy (non-hydrogen) atoms. The lowest BCUT2D eigenvalue weighted by molar-refractivity contribution is -0.120. The lowest BCUT2D eigenvalue weighted by Crippen LogP contribution is -2.51. The molecule has 0 aliphatic rings. The number of rotatable bonds is 6. The minimum Gasteiger partial charge on any atom is -0.374 e. The van der Waals surface area contributed by atoms with Gasteiger partial charge < -0.3 is 16.0 Å². The van der Waals surface area contributed by atoms with E-state index in [0.29, 0.717) is 12.1 Å². The standard InChI is InChI=1S/C19H30N4O3/c1-7-9-16(24)21-15-11-8-10-14(12(15)2)20-13(3)17(25)22-18(26)23-19(4,5)6/h8,10-11,13,20H,7,9H2,1-6H3,(H,21,24)(H2,22,23,25,26). The summed E-state index contributed by atoms with van der Waals surface area (Å²) in [6.45, 7) is 11.0. The first kappa shape index (κ1) is 21.5. The van der Waals surface area contributed by atoms with E-state index < -0.39 is 23.5 Å². The molecule has 0 saturated heterocycles. The van der Waals surface area contributed by atoms with Crippen LogP contribution in [0.15, 0.2) is 18.2 Å². The molecule has 1 aromatic rings. The van der Waals surface area contributed by atoms with Gasteiger partial charge >= 0.3 is 6.03 Å². The predicted octanol–water partition coefficient (Wildman–Crippen LogP) is 3.16. The highest BCUT2D eigenvalue weighted by Crippen LogP contribution is 2.24. The number of benzene rings is 1. The second kappa shape index (κ2) is 9.22. The molecule has 4 amide bonds. The quantitative estimate of drug-likeness (QED) is 0.624. The summed E-state index contributed by atoms with van der Waals surface area (Å²) in [5, 5.41) is 10.9. The third-order valence-corrected chi connectivity index (χ3v) is 3.58. The van der Waals surface area contributed by atoms with E-state index in [-0.39, 0.29) is 5.91 Å². The zero-order chi connectivity index (χ0) is 19.9. The van der Waals surface area contributed by atoms with Gasteiger partial charge in [-0.3, -0.25) is 14.9 Å². The van der Waals surface area contributed by atoms with Gasteiger partial charge in [-0.05, 0) is 58.7 Å². The van der Waals surface area contributed by atoms with Gasteiger partial charge in [-0.2, -0.15) is 0 Å². The first-order valence-electron chi connectivity index (χ1n) is 8.82. The number of nitrogens with one attached hydrogen (secondary N) is 4. The fraction of sp³-hybridized carbons (Fsp3) is 0.526. The maximum atomic E-state index is 12.2. The van der Waals surface area contributed by atoms with Crippen LogP contribution in [0.25, 0.3) is 0 Å². The van der Waals surface area contributed by atoms with E-state index in [9.17, 15) is 14.4 Å². The van der Waals surface area contributed by atoms with Crippen molar-refractivity contribution in [2.45, 2.75) is 66.0 Å². The van der Waals surface area contributed by atoms with Gasteiger partial charge in [0.25, 0.3) is 0 Å². The first-order valence-corrected chi connectivity index (χ1v) is 8.82. The van der Waals surface area contributed by atoms with Gasteiger partial charge in [0, 0.05) is 23.3 Å². The van der Waals surface area contributed by atoms with Crippen LogP contribution < -0.4 is 21.3 Å². The molecule has 7 nitrogen and oxygen atoms in total. The fourth-order valence-electron chi connectivity index (χ4n) is 2.26. The Hall–Kier alpha value is -2.57. The molecule has 0 heterocycles. The van der Waals surface area contributed by atoms with Crippen molar-refractivity contribution in [3.63, 3.8) is 0 Å². The topological polar surface area (TPSA) is 99.3 Å². The molecular weight excluding hydrogens is 332 g/mol. The molecule has 7 heteroatoms. The van der Waals surface area contributed by atoms with Crippen LogP contribution in [0.2, 0.25) is 0 Å². The number of urea groups is 1. The van der Waals surface area contributed by atoms with Gasteiger partial charge in [-0.1, -0.05) is 13.0 Å². The summed E-state index contributed by atoms with van der Waals surface area (Å²) in [7, 11) is 0. The van der Waals surface area contributed by atoms with Crippen molar-refractivity contribution in [2.24, 2.45) is 0 Å². The Balaban J connectivity index is 2.74. The van der Waals surface area contributed by atoms with Crippen molar-refractivity contribution in [2.75, 3.05) is 10.6 Å². The van der Waals surface area contributed by atoms with Crippen LogP contribution in [0.5, 0.6) is 0 Å². The lowest BCUT2D eigenvalue weighted by Gasteiger charge is -2.22. The van der Waals surface area contributed by atoms with Gasteiger partial charge in [0.15, 0.2) is 0 Å². The molecule has 0 radical (unpaired) electrons. The molecule has 4 N–H and O–H groups in total. The van der Waals surface area contributed by atoms with Crippen molar-refractivity contribution in [3.05, 3.63) is 23.8 Å². The number of anilines is 2. The Kier molecular flexibility index (Phi) is 7.61. The Labute approximate surface area is 155 Å². The highest BCUT2D eigenvalue weighted by molar-refractivity contribution is 5.98. The molecule has 0 aliphatic carbocycles. The summed E-state index contributed by atoms with van der Waals surface area (Å²) in [5.74, 6) is -0.482. The number of imide groups is 1. The molecule has 0 saturated carbocycles. The highest BCUT2D eigenvalue weighted by atomic mass is 16.2. The minimum atomic E-state index is -0.624. The van der Waals surface area contributed by atoms with Crippen molar-refractivity contribution < 1.29 is 14.4 Å². The van der Waals surface area contributed by atoms with E-state index >= 15 is 0 Å². The Bertz CT molecular complexity index is 665. The van der Waals surface area contributed by atoms with Crippen LogP contribution in [0.1, 0.15) is 53.0 Å². The average Bonchev–Trinajstić information content (AvgIpc) is 2.49. The summed E-state index contributed by atoms with van der Waals surface area (Å²) < 4.78 is 0. The van der Waals surface area contributed by atoms with Gasteiger partial charge in [0.05, 0.1) is 0 Å². The summed E-state index contributed by atoms with van der Waals surface area (Å²) in [5.41, 5.74) is 1.82. The lowest BCUT2D eigenvalue weighted by atomic mass is 10.1. The molecule has 0 aliphatic heterocycles. The summed E-state index contributed by atoms with van der Waals surface area (Å²) in [4.78, 5) is 35.8. The largest absolute Gasteiger partial charge is 0.374 e. The Morgan fingerprint density at radius 3 is 2.31 bits per heavy atom. The molecular formula is C19H30N4O3. The zero-order valence-electron chi connectivity index (χ0n) is 16.4. The number of carbonyl (C=O) groups is 3. The minimum absolute atomic E-state index is 0.0441. The van der Waals surface area contributed by atoms with Crippen LogP contribution in [-0.2, 0) is 9.59 Å². The van der Waals surface area contributed by atoms with Crippen LogP contribution >= 0.6 is 0 Å². The van der Waals surface area contributed by atoms with E-state index in [1.165, 1.54) is 0 Å². The predicted molar refractivity (Wildman–Crippen MR) is 104 cm³/mol. The Morgan fingerprint density at radius 2 is 1.73 bits per heavy atom. The number of hydrogen-bond donors (Lipinski definition) is 4. The van der Waals surface area contributed by atoms with Crippen molar-refractivity contribution in [1.82, 2.24) is 10.6 Å². The second-order valence-corrected chi connectivity index (χ2v) is 7.34. The second-order valence-electron chi connectivity index (χ2n) is 7.34. The smallest absolute Gasteiger partial charge is 0.321 e. The van der Waals surface area contributed by atoms with E-state index in [4.69, 9.17) is 0 Å². The van der Waals surface area contributed by atoms with Crippen LogP contribution in [0.4, 0.5) is 16.2 Å². The SMILES string of the molecule is CCCC(=O)Nc1cccc(NC(C)C(=O)NC(=O)NC(C)(C)C)c1C. The van der Waals surface area contributed by atoms with Crippen molar-refractivity contribution >= 4 is 29.2 Å². The van der Waals surface area contributed by atoms with Gasteiger partial charge in [0.2, 0.25) is 11.8 Å². The molecule has 0 bridgehead atoms. The number of carbonyl (C=O) groups excluding carboxylic acids is 3. The summed E-state index contributed by atoms with van der Waals surface area (Å²) in [6.07, 6.45) is 1.23. The van der Waals surface area contributed by atoms with Crippen molar-refractivity contribution in [3.8, 4) is 0 Å². The maximum absolute atomic E-state index is 12.2. The van der Waals surface area contributed by atoms with Crippen LogP contribution in [0.3, 0.4) is 0 Å². The number of hydrogen-bond acceptors (Lipinski definition) is 4. The van der Waals surface area contributed by atoms with Crippen LogP contribution in [0, 0.1) is 6.92 Å². The van der Waals surface area contributed by atoms with Crippen molar-refractivity contribution in [1.29, 1.82) is 0 Å². The van der Waals surface area contributed by atoms with E-state index in [0.717, 1.165) is 17.7 Å². The highest BCUT2D eigenvalue weighted by Gasteiger charge is 2.20. The molecule has 0 aromatic heterocycles. The Morgan fingerprint density at radius 1 is 1.12 bits per heavy atom. The molecule has 1 atom stereocenters. The van der Waals surface area contributed by atoms with E-state index in [2.05, 4.69) is 21.3 Å². The average molecular weight is 362 g/mol. The fourth-order valence-corrected chi connectivity index (χ4v) is 2.26.